The Balaban J connectivity index is 2.21. The maximum atomic E-state index is 12.0. The van der Waals surface area contributed by atoms with Gasteiger partial charge in [-0.2, -0.15) is 0 Å². The summed E-state index contributed by atoms with van der Waals surface area (Å²) in [6.45, 7) is 0.0383. The number of halogens is 1. The molecule has 0 bridgehead atoms. The summed E-state index contributed by atoms with van der Waals surface area (Å²) >= 11 is 3.25. The Morgan fingerprint density at radius 1 is 1.28 bits per heavy atom. The highest BCUT2D eigenvalue weighted by atomic mass is 79.9. The number of esters is 1. The minimum Gasteiger partial charge on any atom is -0.469 e. The van der Waals surface area contributed by atoms with E-state index in [1.54, 1.807) is 18.2 Å². The number of nitrogens with zero attached hydrogens (tertiary/aromatic N) is 1. The molecule has 0 aliphatic carbocycles. The molecule has 0 saturated heterocycles. The Hall–Kier alpha value is -1.69. The number of hydrogen-bond acceptors (Lipinski definition) is 4. The van der Waals surface area contributed by atoms with Crippen LogP contribution in [0.5, 0.6) is 0 Å². The normalized spacial score (nSPS) is 13.8. The van der Waals surface area contributed by atoms with Gasteiger partial charge in [0.2, 0.25) is 0 Å². The van der Waals surface area contributed by atoms with Crippen LogP contribution in [0.4, 0.5) is 0 Å². The lowest BCUT2D eigenvalue weighted by Gasteiger charge is -2.12. The Morgan fingerprint density at radius 2 is 1.94 bits per heavy atom. The monoisotopic (exact) mass is 311 g/mol. The van der Waals surface area contributed by atoms with Gasteiger partial charge in [-0.1, -0.05) is 15.9 Å². The largest absolute Gasteiger partial charge is 0.469 e. The van der Waals surface area contributed by atoms with Crippen LogP contribution in [0.1, 0.15) is 27.1 Å². The fourth-order valence-electron chi connectivity index (χ4n) is 1.77. The molecule has 1 aromatic rings. The summed E-state index contributed by atoms with van der Waals surface area (Å²) in [6.07, 6.45) is 0.00311. The summed E-state index contributed by atoms with van der Waals surface area (Å²) in [7, 11) is 1.27. The summed E-state index contributed by atoms with van der Waals surface area (Å²) in [5, 5.41) is 0. The molecule has 0 unspecified atom stereocenters. The van der Waals surface area contributed by atoms with Gasteiger partial charge in [-0.05, 0) is 18.2 Å². The van der Waals surface area contributed by atoms with Gasteiger partial charge in [0.25, 0.3) is 11.8 Å². The molecule has 0 saturated carbocycles. The van der Waals surface area contributed by atoms with E-state index in [-0.39, 0.29) is 24.8 Å². The zero-order valence-corrected chi connectivity index (χ0v) is 11.2. The highest BCUT2D eigenvalue weighted by Crippen LogP contribution is 2.26. The first-order chi connectivity index (χ1) is 8.54. The van der Waals surface area contributed by atoms with Crippen LogP contribution in [-0.4, -0.2) is 36.3 Å². The number of ether oxygens (including phenoxy) is 1. The first kappa shape index (κ1) is 12.8. The molecule has 1 heterocycles. The standard InChI is InChI=1S/C12H10BrNO4/c1-18-10(15)4-5-14-11(16)8-3-2-7(13)6-9(8)12(14)17/h2-3,6H,4-5H2,1H3. The first-order valence-electron chi connectivity index (χ1n) is 5.27. The minimum atomic E-state index is -0.451. The maximum absolute atomic E-state index is 12.0. The van der Waals surface area contributed by atoms with Crippen molar-refractivity contribution in [3.05, 3.63) is 33.8 Å². The van der Waals surface area contributed by atoms with Crippen molar-refractivity contribution in [1.82, 2.24) is 4.90 Å². The molecule has 0 spiro atoms. The Morgan fingerprint density at radius 3 is 2.61 bits per heavy atom. The van der Waals surface area contributed by atoms with Crippen LogP contribution in [0.25, 0.3) is 0 Å². The lowest BCUT2D eigenvalue weighted by Crippen LogP contribution is -2.32. The highest BCUT2D eigenvalue weighted by Gasteiger charge is 2.35. The summed E-state index contributed by atoms with van der Waals surface area (Å²) in [6, 6.07) is 4.90. The van der Waals surface area contributed by atoms with E-state index < -0.39 is 5.97 Å². The van der Waals surface area contributed by atoms with Gasteiger partial charge in [0.05, 0.1) is 24.7 Å². The molecule has 2 amide bonds. The van der Waals surface area contributed by atoms with E-state index in [0.717, 1.165) is 9.37 Å². The highest BCUT2D eigenvalue weighted by molar-refractivity contribution is 9.10. The minimum absolute atomic E-state index is 0.00311. The third kappa shape index (κ3) is 2.15. The third-order valence-corrected chi connectivity index (χ3v) is 3.19. The molecule has 2 rings (SSSR count). The van der Waals surface area contributed by atoms with E-state index in [9.17, 15) is 14.4 Å². The number of amides is 2. The molecular weight excluding hydrogens is 302 g/mol. The van der Waals surface area contributed by atoms with E-state index in [0.29, 0.717) is 11.1 Å². The molecule has 6 heteroatoms. The molecule has 0 fully saturated rings. The molecule has 0 aromatic heterocycles. The number of fused-ring (bicyclic) bond motifs is 1. The number of benzene rings is 1. The van der Waals surface area contributed by atoms with Gasteiger partial charge in [0.1, 0.15) is 0 Å². The quantitative estimate of drug-likeness (QED) is 0.628. The number of imide groups is 1. The second-order valence-corrected chi connectivity index (χ2v) is 4.69. The molecule has 5 nitrogen and oxygen atoms in total. The van der Waals surface area contributed by atoms with Gasteiger partial charge in [-0.3, -0.25) is 19.3 Å². The van der Waals surface area contributed by atoms with Crippen molar-refractivity contribution in [1.29, 1.82) is 0 Å². The zero-order valence-electron chi connectivity index (χ0n) is 9.60. The van der Waals surface area contributed by atoms with Crippen molar-refractivity contribution in [2.24, 2.45) is 0 Å². The third-order valence-electron chi connectivity index (χ3n) is 2.70. The predicted molar refractivity (Wildman–Crippen MR) is 66.1 cm³/mol. The van der Waals surface area contributed by atoms with Gasteiger partial charge in [-0.25, -0.2) is 0 Å². The zero-order chi connectivity index (χ0) is 13.3. The van der Waals surface area contributed by atoms with Gasteiger partial charge in [-0.15, -0.1) is 0 Å². The Bertz CT molecular complexity index is 541. The summed E-state index contributed by atoms with van der Waals surface area (Å²) < 4.78 is 5.21. The van der Waals surface area contributed by atoms with Crippen LogP contribution < -0.4 is 0 Å². The smallest absolute Gasteiger partial charge is 0.307 e. The van der Waals surface area contributed by atoms with Gasteiger partial charge >= 0.3 is 5.97 Å². The number of methoxy groups -OCH3 is 1. The van der Waals surface area contributed by atoms with E-state index >= 15 is 0 Å². The van der Waals surface area contributed by atoms with Crippen LogP contribution in [0.15, 0.2) is 22.7 Å². The molecule has 1 aliphatic heterocycles. The van der Waals surface area contributed by atoms with E-state index in [1.165, 1.54) is 7.11 Å². The average molecular weight is 312 g/mol. The van der Waals surface area contributed by atoms with Crippen LogP contribution in [0, 0.1) is 0 Å². The predicted octanol–water partition coefficient (Wildman–Crippen LogP) is 1.61. The lowest BCUT2D eigenvalue weighted by atomic mass is 10.1. The molecule has 94 valence electrons. The second-order valence-electron chi connectivity index (χ2n) is 3.78. The summed E-state index contributed by atoms with van der Waals surface area (Å²) in [4.78, 5) is 36.0. The first-order valence-corrected chi connectivity index (χ1v) is 6.06. The van der Waals surface area contributed by atoms with Crippen molar-refractivity contribution >= 4 is 33.7 Å². The molecule has 18 heavy (non-hydrogen) atoms. The fraction of sp³-hybridized carbons (Fsp3) is 0.250. The molecular formula is C12H10BrNO4. The van der Waals surface area contributed by atoms with Crippen molar-refractivity contribution < 1.29 is 19.1 Å². The van der Waals surface area contributed by atoms with Gasteiger partial charge < -0.3 is 4.74 Å². The molecule has 0 atom stereocenters. The van der Waals surface area contributed by atoms with Crippen molar-refractivity contribution in [3.63, 3.8) is 0 Å². The van der Waals surface area contributed by atoms with Gasteiger partial charge in [0.15, 0.2) is 0 Å². The second kappa shape index (κ2) is 4.89. The lowest BCUT2D eigenvalue weighted by molar-refractivity contribution is -0.140. The number of carbonyl (C=O) groups excluding carboxylic acids is 3. The Kier molecular flexibility index (Phi) is 3.47. The average Bonchev–Trinajstić information content (AvgIpc) is 2.59. The number of rotatable bonds is 3. The Labute approximate surface area is 112 Å². The van der Waals surface area contributed by atoms with E-state index in [2.05, 4.69) is 20.7 Å². The van der Waals surface area contributed by atoms with Crippen LogP contribution in [-0.2, 0) is 9.53 Å². The van der Waals surface area contributed by atoms with Crippen LogP contribution in [0.3, 0.4) is 0 Å². The molecule has 1 aliphatic rings. The van der Waals surface area contributed by atoms with Crippen molar-refractivity contribution in [2.75, 3.05) is 13.7 Å². The number of hydrogen-bond donors (Lipinski definition) is 0. The maximum Gasteiger partial charge on any atom is 0.307 e. The van der Waals surface area contributed by atoms with Crippen molar-refractivity contribution in [2.45, 2.75) is 6.42 Å². The topological polar surface area (TPSA) is 63.7 Å². The van der Waals surface area contributed by atoms with Gasteiger partial charge in [0, 0.05) is 11.0 Å². The molecule has 0 radical (unpaired) electrons. The van der Waals surface area contributed by atoms with Crippen LogP contribution >= 0.6 is 15.9 Å². The SMILES string of the molecule is COC(=O)CCN1C(=O)c2ccc(Br)cc2C1=O. The van der Waals surface area contributed by atoms with Crippen molar-refractivity contribution in [3.8, 4) is 0 Å². The van der Waals surface area contributed by atoms with Crippen LogP contribution in [0.2, 0.25) is 0 Å². The van der Waals surface area contributed by atoms with E-state index in [4.69, 9.17) is 0 Å². The summed E-state index contributed by atoms with van der Waals surface area (Å²) in [5.41, 5.74) is 0.729. The van der Waals surface area contributed by atoms with E-state index in [1.807, 2.05) is 0 Å². The fourth-order valence-corrected chi connectivity index (χ4v) is 2.13. The molecule has 0 N–H and O–H groups in total. The summed E-state index contributed by atoms with van der Waals surface area (Å²) in [5.74, 6) is -1.20. The molecule has 1 aromatic carbocycles. The number of carbonyl (C=O) groups is 3.